The Morgan fingerprint density at radius 3 is 2.56 bits per heavy atom. The van der Waals surface area contributed by atoms with Gasteiger partial charge in [0.25, 0.3) is 5.69 Å². The number of nitro groups is 1. The van der Waals surface area contributed by atoms with Gasteiger partial charge in [-0.15, -0.1) is 0 Å². The lowest BCUT2D eigenvalue weighted by Crippen LogP contribution is -2.23. The van der Waals surface area contributed by atoms with Crippen LogP contribution in [0.3, 0.4) is 0 Å². The van der Waals surface area contributed by atoms with Crippen molar-refractivity contribution in [3.05, 3.63) is 39.9 Å². The third kappa shape index (κ3) is 3.58. The highest BCUT2D eigenvalue weighted by Crippen LogP contribution is 2.12. The summed E-state index contributed by atoms with van der Waals surface area (Å²) in [7, 11) is 0. The van der Waals surface area contributed by atoms with E-state index in [1.807, 2.05) is 0 Å². The number of nitro benzene ring substituents is 1. The Balaban J connectivity index is 2.59. The molecule has 0 amide bonds. The average Bonchev–Trinajstić information content (AvgIpc) is 2.29. The second-order valence-corrected chi connectivity index (χ2v) is 3.82. The quantitative estimate of drug-likeness (QED) is 0.371. The Morgan fingerprint density at radius 2 is 2.06 bits per heavy atom. The number of nitrogens with one attached hydrogen (secondary N) is 1. The summed E-state index contributed by atoms with van der Waals surface area (Å²) in [5, 5.41) is 13.6. The Morgan fingerprint density at radius 1 is 1.44 bits per heavy atom. The van der Waals surface area contributed by atoms with Gasteiger partial charge >= 0.3 is 0 Å². The van der Waals surface area contributed by atoms with Crippen LogP contribution in [0.5, 0.6) is 0 Å². The summed E-state index contributed by atoms with van der Waals surface area (Å²) >= 11 is 5.16. The van der Waals surface area contributed by atoms with E-state index in [9.17, 15) is 10.1 Å². The van der Waals surface area contributed by atoms with E-state index < -0.39 is 4.92 Å². The van der Waals surface area contributed by atoms with Crippen molar-refractivity contribution in [1.82, 2.24) is 5.32 Å². The van der Waals surface area contributed by atoms with E-state index in [0.29, 0.717) is 4.99 Å². The van der Waals surface area contributed by atoms with Gasteiger partial charge in [0, 0.05) is 24.2 Å². The molecule has 1 rings (SSSR count). The number of thiocarbonyl (C=S) groups is 1. The van der Waals surface area contributed by atoms with Crippen molar-refractivity contribution in [2.45, 2.75) is 19.8 Å². The highest BCUT2D eigenvalue weighted by atomic mass is 32.1. The normalized spacial score (nSPS) is 9.81. The summed E-state index contributed by atoms with van der Waals surface area (Å²) in [4.78, 5) is 10.7. The molecule has 86 valence electrons. The van der Waals surface area contributed by atoms with Crippen molar-refractivity contribution in [2.24, 2.45) is 0 Å². The smallest absolute Gasteiger partial charge is 0.269 e. The summed E-state index contributed by atoms with van der Waals surface area (Å²) in [5.74, 6) is 0. The van der Waals surface area contributed by atoms with Crippen molar-refractivity contribution in [3.63, 3.8) is 0 Å². The zero-order valence-corrected chi connectivity index (χ0v) is 9.92. The van der Waals surface area contributed by atoms with Crippen molar-refractivity contribution in [3.8, 4) is 0 Å². The first-order chi connectivity index (χ1) is 7.65. The van der Waals surface area contributed by atoms with Crippen LogP contribution in [0.4, 0.5) is 5.69 Å². The van der Waals surface area contributed by atoms with Gasteiger partial charge in [0.05, 0.1) is 4.92 Å². The highest BCUT2D eigenvalue weighted by Gasteiger charge is 2.05. The second-order valence-electron chi connectivity index (χ2n) is 3.41. The molecular formula is C11H14N2O2S. The molecule has 16 heavy (non-hydrogen) atoms. The molecule has 0 unspecified atom stereocenters. The van der Waals surface area contributed by atoms with E-state index >= 15 is 0 Å². The lowest BCUT2D eigenvalue weighted by Gasteiger charge is -2.06. The molecule has 1 N–H and O–H groups in total. The van der Waals surface area contributed by atoms with E-state index in [-0.39, 0.29) is 5.69 Å². The lowest BCUT2D eigenvalue weighted by molar-refractivity contribution is -0.384. The van der Waals surface area contributed by atoms with Crippen LogP contribution in [-0.2, 0) is 0 Å². The molecule has 1 aromatic carbocycles. The monoisotopic (exact) mass is 238 g/mol. The first kappa shape index (κ1) is 12.6. The number of hydrogen-bond donors (Lipinski definition) is 1. The fraction of sp³-hybridized carbons (Fsp3) is 0.364. The van der Waals surface area contributed by atoms with Crippen molar-refractivity contribution in [2.75, 3.05) is 6.54 Å². The Bertz CT molecular complexity index is 376. The van der Waals surface area contributed by atoms with Gasteiger partial charge in [-0.3, -0.25) is 10.1 Å². The SMILES string of the molecule is CCCCNC(=S)c1ccc([N+](=O)[O-])cc1. The summed E-state index contributed by atoms with van der Waals surface area (Å²) < 4.78 is 0. The molecule has 0 saturated heterocycles. The van der Waals surface area contributed by atoms with Crippen LogP contribution in [0.2, 0.25) is 0 Å². The van der Waals surface area contributed by atoms with Crippen molar-refractivity contribution < 1.29 is 4.92 Å². The van der Waals surface area contributed by atoms with Crippen LogP contribution in [0, 0.1) is 10.1 Å². The molecule has 0 spiro atoms. The number of hydrogen-bond acceptors (Lipinski definition) is 3. The molecule has 0 aliphatic carbocycles. The van der Waals surface area contributed by atoms with Crippen LogP contribution in [0.25, 0.3) is 0 Å². The van der Waals surface area contributed by atoms with Gasteiger partial charge in [-0.2, -0.15) is 0 Å². The number of benzene rings is 1. The van der Waals surface area contributed by atoms with Gasteiger partial charge in [0.1, 0.15) is 4.99 Å². The molecule has 0 heterocycles. The average molecular weight is 238 g/mol. The van der Waals surface area contributed by atoms with Gasteiger partial charge < -0.3 is 5.32 Å². The highest BCUT2D eigenvalue weighted by molar-refractivity contribution is 7.80. The summed E-state index contributed by atoms with van der Waals surface area (Å²) in [6.07, 6.45) is 2.17. The predicted octanol–water partition coefficient (Wildman–Crippen LogP) is 2.66. The van der Waals surface area contributed by atoms with E-state index in [1.54, 1.807) is 12.1 Å². The number of unbranched alkanes of at least 4 members (excludes halogenated alkanes) is 1. The predicted molar refractivity (Wildman–Crippen MR) is 67.7 cm³/mol. The van der Waals surface area contributed by atoms with Gasteiger partial charge in [-0.25, -0.2) is 0 Å². The topological polar surface area (TPSA) is 55.2 Å². The molecular weight excluding hydrogens is 224 g/mol. The zero-order valence-electron chi connectivity index (χ0n) is 9.10. The molecule has 0 saturated carbocycles. The lowest BCUT2D eigenvalue weighted by atomic mass is 10.2. The molecule has 0 aliphatic heterocycles. The third-order valence-corrected chi connectivity index (χ3v) is 2.54. The van der Waals surface area contributed by atoms with Crippen molar-refractivity contribution >= 4 is 22.9 Å². The largest absolute Gasteiger partial charge is 0.376 e. The number of rotatable bonds is 5. The van der Waals surface area contributed by atoms with Crippen molar-refractivity contribution in [1.29, 1.82) is 0 Å². The van der Waals surface area contributed by atoms with Gasteiger partial charge in [0.2, 0.25) is 0 Å². The van der Waals surface area contributed by atoms with E-state index in [4.69, 9.17) is 12.2 Å². The molecule has 0 fully saturated rings. The van der Waals surface area contributed by atoms with Crippen LogP contribution in [-0.4, -0.2) is 16.5 Å². The maximum absolute atomic E-state index is 10.5. The molecule has 0 aromatic heterocycles. The van der Waals surface area contributed by atoms with Crippen LogP contribution in [0.1, 0.15) is 25.3 Å². The van der Waals surface area contributed by atoms with Gasteiger partial charge in [-0.05, 0) is 18.6 Å². The molecule has 0 bridgehead atoms. The molecule has 1 aromatic rings. The van der Waals surface area contributed by atoms with E-state index in [0.717, 1.165) is 24.9 Å². The molecule has 0 radical (unpaired) electrons. The first-order valence-electron chi connectivity index (χ1n) is 5.17. The zero-order chi connectivity index (χ0) is 12.0. The van der Waals surface area contributed by atoms with Gasteiger partial charge in [0.15, 0.2) is 0 Å². The fourth-order valence-electron chi connectivity index (χ4n) is 1.22. The van der Waals surface area contributed by atoms with Crippen LogP contribution in [0.15, 0.2) is 24.3 Å². The van der Waals surface area contributed by atoms with Gasteiger partial charge in [-0.1, -0.05) is 25.6 Å². The molecule has 4 nitrogen and oxygen atoms in total. The molecule has 0 aliphatic rings. The van der Waals surface area contributed by atoms with Crippen LogP contribution >= 0.6 is 12.2 Å². The second kappa shape index (κ2) is 6.17. The standard InChI is InChI=1S/C11H14N2O2S/c1-2-3-8-12-11(16)9-4-6-10(7-5-9)13(14)15/h4-7H,2-3,8H2,1H3,(H,12,16). The minimum absolute atomic E-state index is 0.0834. The maximum atomic E-state index is 10.5. The Kier molecular flexibility index (Phi) is 4.85. The van der Waals surface area contributed by atoms with E-state index in [2.05, 4.69) is 12.2 Å². The minimum Gasteiger partial charge on any atom is -0.376 e. The number of nitrogens with zero attached hydrogens (tertiary/aromatic N) is 1. The fourth-order valence-corrected chi connectivity index (χ4v) is 1.45. The van der Waals surface area contributed by atoms with E-state index in [1.165, 1.54) is 12.1 Å². The summed E-state index contributed by atoms with van der Waals surface area (Å²) in [6.45, 7) is 2.95. The third-order valence-electron chi connectivity index (χ3n) is 2.16. The molecule has 5 heteroatoms. The molecule has 0 atom stereocenters. The first-order valence-corrected chi connectivity index (χ1v) is 5.58. The number of non-ortho nitro benzene ring substituents is 1. The Hall–Kier alpha value is -1.49. The minimum atomic E-state index is -0.419. The van der Waals surface area contributed by atoms with Crippen LogP contribution < -0.4 is 5.32 Å². The summed E-state index contributed by atoms with van der Waals surface area (Å²) in [6, 6.07) is 6.26. The Labute approximate surface area is 99.8 Å². The summed E-state index contributed by atoms with van der Waals surface area (Å²) in [5.41, 5.74) is 0.900. The maximum Gasteiger partial charge on any atom is 0.269 e.